The Bertz CT molecular complexity index is 823. The number of aromatic nitrogens is 2. The largest absolute Gasteiger partial charge is 0.355 e. The van der Waals surface area contributed by atoms with Crippen molar-refractivity contribution in [3.05, 3.63) is 45.1 Å². The fourth-order valence-corrected chi connectivity index (χ4v) is 3.13. The first-order valence-electron chi connectivity index (χ1n) is 8.55. The van der Waals surface area contributed by atoms with Crippen LogP contribution >= 0.6 is 36.4 Å². The molecule has 0 amide bonds. The van der Waals surface area contributed by atoms with E-state index in [1.54, 1.807) is 6.07 Å². The summed E-state index contributed by atoms with van der Waals surface area (Å²) in [5.41, 5.74) is 7.28. The van der Waals surface area contributed by atoms with Gasteiger partial charge in [-0.1, -0.05) is 24.9 Å². The summed E-state index contributed by atoms with van der Waals surface area (Å²) in [7, 11) is 0. The van der Waals surface area contributed by atoms with Gasteiger partial charge in [0.25, 0.3) is 5.69 Å². The number of nitrogens with zero attached hydrogens (tertiary/aromatic N) is 4. The lowest BCUT2D eigenvalue weighted by Crippen LogP contribution is -2.27. The van der Waals surface area contributed by atoms with Crippen molar-refractivity contribution in [1.82, 2.24) is 9.97 Å². The second kappa shape index (κ2) is 10.6. The molecule has 0 aliphatic carbocycles. The highest BCUT2D eigenvalue weighted by molar-refractivity contribution is 6.32. The first kappa shape index (κ1) is 24.2. The first-order valence-corrected chi connectivity index (χ1v) is 8.93. The number of benzene rings is 1. The molecular formula is C17H23Cl3N6O2. The zero-order valence-electron chi connectivity index (χ0n) is 15.3. The summed E-state index contributed by atoms with van der Waals surface area (Å²) in [4.78, 5) is 21.8. The van der Waals surface area contributed by atoms with Crippen LogP contribution in [0, 0.1) is 10.1 Å². The van der Waals surface area contributed by atoms with Gasteiger partial charge in [0.2, 0.25) is 5.95 Å². The molecule has 28 heavy (non-hydrogen) atoms. The molecule has 1 fully saturated rings. The first-order chi connectivity index (χ1) is 12.5. The van der Waals surface area contributed by atoms with Gasteiger partial charge in [-0.2, -0.15) is 4.98 Å². The minimum Gasteiger partial charge on any atom is -0.355 e. The number of hydrogen-bond acceptors (Lipinski definition) is 7. The maximum atomic E-state index is 11.1. The van der Waals surface area contributed by atoms with Gasteiger partial charge in [0, 0.05) is 42.6 Å². The monoisotopic (exact) mass is 448 g/mol. The summed E-state index contributed by atoms with van der Waals surface area (Å²) >= 11 is 5.87. The van der Waals surface area contributed by atoms with Gasteiger partial charge in [0.05, 0.1) is 4.92 Å². The fraction of sp³-hybridized carbons (Fsp3) is 0.412. The zero-order chi connectivity index (χ0) is 18.7. The van der Waals surface area contributed by atoms with E-state index in [1.807, 2.05) is 6.07 Å². The normalized spacial score (nSPS) is 15.5. The molecular weight excluding hydrogens is 427 g/mol. The van der Waals surface area contributed by atoms with Gasteiger partial charge in [-0.25, -0.2) is 4.98 Å². The molecule has 1 aliphatic rings. The Balaban J connectivity index is 0.00000196. The Morgan fingerprint density at radius 2 is 2.11 bits per heavy atom. The molecule has 1 atom stereocenters. The van der Waals surface area contributed by atoms with Crippen LogP contribution in [0.3, 0.4) is 0 Å². The molecule has 1 aromatic carbocycles. The Morgan fingerprint density at radius 3 is 2.71 bits per heavy atom. The van der Waals surface area contributed by atoms with E-state index in [1.165, 1.54) is 12.1 Å². The van der Waals surface area contributed by atoms with Gasteiger partial charge >= 0.3 is 0 Å². The van der Waals surface area contributed by atoms with Gasteiger partial charge in [0.1, 0.15) is 10.8 Å². The second-order valence-corrected chi connectivity index (χ2v) is 6.74. The van der Waals surface area contributed by atoms with E-state index in [0.29, 0.717) is 11.6 Å². The molecule has 154 valence electrons. The van der Waals surface area contributed by atoms with Crippen LogP contribution in [0.2, 0.25) is 5.02 Å². The van der Waals surface area contributed by atoms with Crippen LogP contribution in [0.15, 0.2) is 24.3 Å². The van der Waals surface area contributed by atoms with E-state index in [0.717, 1.165) is 43.9 Å². The number of nitrogens with two attached hydrogens (primary N) is 1. The number of halogens is 3. The van der Waals surface area contributed by atoms with E-state index in [2.05, 4.69) is 27.1 Å². The van der Waals surface area contributed by atoms with Crippen LogP contribution in [-0.4, -0.2) is 34.0 Å². The number of anilines is 3. The van der Waals surface area contributed by atoms with Crippen molar-refractivity contribution >= 4 is 59.6 Å². The Labute approximate surface area is 180 Å². The standard InChI is InChI=1S/C17H21ClN6O2.2ClH/c1-2-3-12-9-16(23-7-6-11(19)10-23)22-17(20-12)21-13-4-5-14(18)15(8-13)24(25)26;;/h4-5,8-9,11H,2-3,6-7,10,19H2,1H3,(H,20,21,22);2*1H/t11-;;/m0../s1. The predicted octanol–water partition coefficient (Wildman–Crippen LogP) is 4.12. The third-order valence-corrected chi connectivity index (χ3v) is 4.54. The van der Waals surface area contributed by atoms with E-state index in [4.69, 9.17) is 17.3 Å². The lowest BCUT2D eigenvalue weighted by atomic mass is 10.2. The topological polar surface area (TPSA) is 110 Å². The highest BCUT2D eigenvalue weighted by Crippen LogP contribution is 2.29. The summed E-state index contributed by atoms with van der Waals surface area (Å²) in [6.07, 6.45) is 2.71. The van der Waals surface area contributed by atoms with Crippen molar-refractivity contribution in [3.63, 3.8) is 0 Å². The Kier molecular flexibility index (Phi) is 9.16. The molecule has 0 saturated carbocycles. The van der Waals surface area contributed by atoms with Gasteiger partial charge < -0.3 is 16.0 Å². The van der Waals surface area contributed by atoms with Crippen molar-refractivity contribution in [2.75, 3.05) is 23.3 Å². The highest BCUT2D eigenvalue weighted by atomic mass is 35.5. The molecule has 11 heteroatoms. The molecule has 3 rings (SSSR count). The minimum absolute atomic E-state index is 0. The molecule has 2 aromatic rings. The fourth-order valence-electron chi connectivity index (χ4n) is 2.94. The number of nitro groups is 1. The minimum atomic E-state index is -0.515. The summed E-state index contributed by atoms with van der Waals surface area (Å²) in [6, 6.07) is 6.66. The molecule has 0 bridgehead atoms. The van der Waals surface area contributed by atoms with E-state index >= 15 is 0 Å². The molecule has 2 heterocycles. The number of nitro benzene ring substituents is 1. The van der Waals surface area contributed by atoms with E-state index in [-0.39, 0.29) is 41.6 Å². The lowest BCUT2D eigenvalue weighted by molar-refractivity contribution is -0.384. The molecule has 3 N–H and O–H groups in total. The van der Waals surface area contributed by atoms with Gasteiger partial charge in [-0.3, -0.25) is 10.1 Å². The van der Waals surface area contributed by atoms with Gasteiger partial charge in [0.15, 0.2) is 0 Å². The molecule has 8 nitrogen and oxygen atoms in total. The van der Waals surface area contributed by atoms with Gasteiger partial charge in [-0.05, 0) is 25.0 Å². The number of nitrogens with one attached hydrogen (secondary N) is 1. The zero-order valence-corrected chi connectivity index (χ0v) is 17.7. The molecule has 0 radical (unpaired) electrons. The SMILES string of the molecule is CCCc1cc(N2CC[C@H](N)C2)nc(Nc2ccc(Cl)c([N+](=O)[O-])c2)n1.Cl.Cl. The van der Waals surface area contributed by atoms with Crippen LogP contribution in [0.1, 0.15) is 25.5 Å². The summed E-state index contributed by atoms with van der Waals surface area (Å²) in [5, 5.41) is 14.2. The Hall–Kier alpha value is -1.87. The van der Waals surface area contributed by atoms with Crippen LogP contribution in [-0.2, 0) is 6.42 Å². The smallest absolute Gasteiger partial charge is 0.289 e. The molecule has 1 aliphatic heterocycles. The van der Waals surface area contributed by atoms with Gasteiger partial charge in [-0.15, -0.1) is 24.8 Å². The van der Waals surface area contributed by atoms with Crippen molar-refractivity contribution in [2.24, 2.45) is 5.73 Å². The predicted molar refractivity (Wildman–Crippen MR) is 117 cm³/mol. The maximum absolute atomic E-state index is 11.1. The van der Waals surface area contributed by atoms with Crippen molar-refractivity contribution in [2.45, 2.75) is 32.2 Å². The Morgan fingerprint density at radius 1 is 1.36 bits per heavy atom. The third kappa shape index (κ3) is 5.81. The molecule has 1 aromatic heterocycles. The van der Waals surface area contributed by atoms with Crippen molar-refractivity contribution < 1.29 is 4.92 Å². The van der Waals surface area contributed by atoms with E-state index in [9.17, 15) is 10.1 Å². The van der Waals surface area contributed by atoms with Crippen LogP contribution in [0.25, 0.3) is 0 Å². The average molecular weight is 450 g/mol. The summed E-state index contributed by atoms with van der Waals surface area (Å²) in [5.74, 6) is 1.23. The number of aryl methyl sites for hydroxylation is 1. The third-order valence-electron chi connectivity index (χ3n) is 4.22. The highest BCUT2D eigenvalue weighted by Gasteiger charge is 2.21. The molecule has 0 unspecified atom stereocenters. The quantitative estimate of drug-likeness (QED) is 0.504. The summed E-state index contributed by atoms with van der Waals surface area (Å²) < 4.78 is 0. The van der Waals surface area contributed by atoms with Crippen molar-refractivity contribution in [1.29, 1.82) is 0 Å². The molecule has 1 saturated heterocycles. The van der Waals surface area contributed by atoms with Crippen LogP contribution < -0.4 is 16.0 Å². The lowest BCUT2D eigenvalue weighted by Gasteiger charge is -2.19. The second-order valence-electron chi connectivity index (χ2n) is 6.33. The maximum Gasteiger partial charge on any atom is 0.289 e. The number of hydrogen-bond donors (Lipinski definition) is 2. The number of rotatable bonds is 6. The summed E-state index contributed by atoms with van der Waals surface area (Å²) in [6.45, 7) is 3.70. The van der Waals surface area contributed by atoms with E-state index < -0.39 is 4.92 Å². The average Bonchev–Trinajstić information content (AvgIpc) is 3.03. The van der Waals surface area contributed by atoms with Crippen LogP contribution in [0.5, 0.6) is 0 Å². The molecule has 0 spiro atoms. The van der Waals surface area contributed by atoms with Crippen molar-refractivity contribution in [3.8, 4) is 0 Å². The van der Waals surface area contributed by atoms with Crippen LogP contribution in [0.4, 0.5) is 23.1 Å².